The van der Waals surface area contributed by atoms with Crippen LogP contribution in [0.3, 0.4) is 0 Å². The van der Waals surface area contributed by atoms with Crippen molar-refractivity contribution in [1.82, 2.24) is 0 Å². The Morgan fingerprint density at radius 1 is 0.309 bits per heavy atom. The summed E-state index contributed by atoms with van der Waals surface area (Å²) in [5.41, 5.74) is 13.2. The molecule has 0 aliphatic carbocycles. The highest BCUT2D eigenvalue weighted by Crippen LogP contribution is 2.46. The molecule has 2 aromatic heterocycles. The molecule has 0 aliphatic heterocycles. The van der Waals surface area contributed by atoms with Gasteiger partial charge in [-0.1, -0.05) is 146 Å². The lowest BCUT2D eigenvalue weighted by Gasteiger charge is -2.27. The second-order valence-corrected chi connectivity index (χ2v) is 14.1. The van der Waals surface area contributed by atoms with Gasteiger partial charge in [-0.05, 0) is 93.2 Å². The number of hydrogen-bond acceptors (Lipinski definition) is 3. The summed E-state index contributed by atoms with van der Waals surface area (Å²) in [4.78, 5) is 2.34. The van der Waals surface area contributed by atoms with Crippen LogP contribution in [0.15, 0.2) is 209 Å². The summed E-state index contributed by atoms with van der Waals surface area (Å²) in [5, 5.41) is 6.86. The van der Waals surface area contributed by atoms with Gasteiger partial charge in [0.1, 0.15) is 16.7 Å². The summed E-state index contributed by atoms with van der Waals surface area (Å²) >= 11 is 0. The van der Waals surface area contributed by atoms with Gasteiger partial charge in [0.15, 0.2) is 5.58 Å². The normalized spacial score (nSPS) is 11.6. The van der Waals surface area contributed by atoms with Gasteiger partial charge >= 0.3 is 0 Å². The Morgan fingerprint density at radius 2 is 0.891 bits per heavy atom. The number of para-hydroxylation sites is 4. The van der Waals surface area contributed by atoms with Crippen LogP contribution in [0.5, 0.6) is 0 Å². The van der Waals surface area contributed by atoms with Crippen LogP contribution in [-0.2, 0) is 0 Å². The van der Waals surface area contributed by atoms with Gasteiger partial charge in [0.25, 0.3) is 0 Å². The molecule has 0 radical (unpaired) electrons. The van der Waals surface area contributed by atoms with E-state index in [0.717, 1.165) is 88.8 Å². The average molecular weight is 704 g/mol. The van der Waals surface area contributed by atoms with Crippen LogP contribution in [0.4, 0.5) is 17.1 Å². The predicted molar refractivity (Wildman–Crippen MR) is 229 cm³/mol. The quantitative estimate of drug-likeness (QED) is 0.173. The number of anilines is 3. The van der Waals surface area contributed by atoms with Crippen LogP contribution in [0.1, 0.15) is 0 Å². The van der Waals surface area contributed by atoms with Gasteiger partial charge in [0.2, 0.25) is 0 Å². The summed E-state index contributed by atoms with van der Waals surface area (Å²) in [7, 11) is 0. The molecule has 0 unspecified atom stereocenters. The minimum atomic E-state index is 0.841. The second-order valence-electron chi connectivity index (χ2n) is 14.1. The zero-order valence-electron chi connectivity index (χ0n) is 29.8. The van der Waals surface area contributed by atoms with Crippen LogP contribution in [0, 0.1) is 0 Å². The summed E-state index contributed by atoms with van der Waals surface area (Å²) in [6, 6.07) is 71.0. The molecule has 0 atom stereocenters. The SMILES string of the molecule is c1ccc(-c2cc(-c3cccc4c3oc3ccccc34)cc(N(c3ccc(-c4ccc5ccccc5c4)cc3)c3cccc4c3oc3ccccc34)c2)cc1. The molecule has 0 saturated carbocycles. The molecule has 3 nitrogen and oxygen atoms in total. The summed E-state index contributed by atoms with van der Waals surface area (Å²) in [6.07, 6.45) is 0. The monoisotopic (exact) mass is 703 g/mol. The number of nitrogens with zero attached hydrogens (tertiary/aromatic N) is 1. The Morgan fingerprint density at radius 3 is 1.67 bits per heavy atom. The largest absolute Gasteiger partial charge is 0.455 e. The van der Waals surface area contributed by atoms with Gasteiger partial charge < -0.3 is 13.7 Å². The van der Waals surface area contributed by atoms with Crippen LogP contribution in [0.25, 0.3) is 88.0 Å². The zero-order chi connectivity index (χ0) is 36.3. The molecule has 11 rings (SSSR count). The van der Waals surface area contributed by atoms with Crippen molar-refractivity contribution in [2.24, 2.45) is 0 Å². The third-order valence-electron chi connectivity index (χ3n) is 10.8. The van der Waals surface area contributed by atoms with E-state index >= 15 is 0 Å². The third-order valence-corrected chi connectivity index (χ3v) is 10.8. The first-order valence-corrected chi connectivity index (χ1v) is 18.7. The molecule has 0 spiro atoms. The summed E-state index contributed by atoms with van der Waals surface area (Å²) in [5.74, 6) is 0. The maximum absolute atomic E-state index is 6.71. The zero-order valence-corrected chi connectivity index (χ0v) is 29.8. The van der Waals surface area contributed by atoms with E-state index in [-0.39, 0.29) is 0 Å². The fourth-order valence-electron chi connectivity index (χ4n) is 8.18. The van der Waals surface area contributed by atoms with Crippen LogP contribution < -0.4 is 4.90 Å². The standard InChI is InChI=1S/C52H33NO2/c1-2-12-34(13-3-1)39-31-40(43-18-10-19-46-44-16-6-8-22-49(44)54-51(43)46)33-42(32-39)53(48-21-11-20-47-45-17-7-9-23-50(45)55-52(47)48)41-28-26-36(27-29-41)38-25-24-35-14-4-5-15-37(35)30-38/h1-33H. The lowest BCUT2D eigenvalue weighted by atomic mass is 9.96. The van der Waals surface area contributed by atoms with E-state index in [1.807, 2.05) is 24.3 Å². The molecule has 55 heavy (non-hydrogen) atoms. The third kappa shape index (κ3) is 5.28. The Kier molecular flexibility index (Phi) is 7.17. The van der Waals surface area contributed by atoms with Gasteiger partial charge in [0.05, 0.1) is 5.69 Å². The Hall–Kier alpha value is -7.36. The fraction of sp³-hybridized carbons (Fsp3) is 0. The molecule has 11 aromatic rings. The maximum Gasteiger partial charge on any atom is 0.159 e. The molecule has 0 fully saturated rings. The molecule has 258 valence electrons. The van der Waals surface area contributed by atoms with Crippen molar-refractivity contribution in [3.05, 3.63) is 200 Å². The number of hydrogen-bond donors (Lipinski definition) is 0. The van der Waals surface area contributed by atoms with Gasteiger partial charge in [-0.2, -0.15) is 0 Å². The fourth-order valence-corrected chi connectivity index (χ4v) is 8.18. The van der Waals surface area contributed by atoms with E-state index in [1.165, 1.54) is 16.3 Å². The van der Waals surface area contributed by atoms with Crippen LogP contribution >= 0.6 is 0 Å². The van der Waals surface area contributed by atoms with E-state index in [0.29, 0.717) is 0 Å². The van der Waals surface area contributed by atoms with E-state index in [2.05, 4.69) is 181 Å². The highest BCUT2D eigenvalue weighted by molar-refractivity contribution is 6.12. The van der Waals surface area contributed by atoms with Crippen molar-refractivity contribution in [1.29, 1.82) is 0 Å². The minimum absolute atomic E-state index is 0.841. The van der Waals surface area contributed by atoms with E-state index in [9.17, 15) is 0 Å². The molecular weight excluding hydrogens is 671 g/mol. The maximum atomic E-state index is 6.71. The molecule has 9 aromatic carbocycles. The number of benzene rings is 9. The smallest absolute Gasteiger partial charge is 0.159 e. The van der Waals surface area contributed by atoms with E-state index < -0.39 is 0 Å². The first kappa shape index (κ1) is 31.2. The lowest BCUT2D eigenvalue weighted by molar-refractivity contribution is 0.669. The Balaban J connectivity index is 1.15. The molecule has 3 heteroatoms. The Bertz CT molecular complexity index is 3210. The van der Waals surface area contributed by atoms with Crippen molar-refractivity contribution in [2.75, 3.05) is 4.90 Å². The van der Waals surface area contributed by atoms with Crippen molar-refractivity contribution in [2.45, 2.75) is 0 Å². The highest BCUT2D eigenvalue weighted by atomic mass is 16.3. The molecule has 2 heterocycles. The van der Waals surface area contributed by atoms with Crippen molar-refractivity contribution in [3.8, 4) is 33.4 Å². The number of fused-ring (bicyclic) bond motifs is 7. The summed E-state index contributed by atoms with van der Waals surface area (Å²) in [6.45, 7) is 0. The van der Waals surface area contributed by atoms with Crippen LogP contribution in [-0.4, -0.2) is 0 Å². The average Bonchev–Trinajstić information content (AvgIpc) is 3.83. The molecular formula is C52H33NO2. The van der Waals surface area contributed by atoms with Gasteiger partial charge in [-0.3, -0.25) is 0 Å². The van der Waals surface area contributed by atoms with Crippen molar-refractivity contribution in [3.63, 3.8) is 0 Å². The van der Waals surface area contributed by atoms with Gasteiger partial charge in [-0.15, -0.1) is 0 Å². The van der Waals surface area contributed by atoms with E-state index in [1.54, 1.807) is 0 Å². The summed E-state index contributed by atoms with van der Waals surface area (Å²) < 4.78 is 13.3. The van der Waals surface area contributed by atoms with Gasteiger partial charge in [0, 0.05) is 38.5 Å². The topological polar surface area (TPSA) is 29.5 Å². The first-order chi connectivity index (χ1) is 27.2. The van der Waals surface area contributed by atoms with Crippen molar-refractivity contribution >= 4 is 71.7 Å². The second kappa shape index (κ2) is 12.6. The molecule has 0 saturated heterocycles. The van der Waals surface area contributed by atoms with Gasteiger partial charge in [-0.25, -0.2) is 0 Å². The number of furan rings is 2. The molecule has 0 N–H and O–H groups in total. The molecule has 0 bridgehead atoms. The highest BCUT2D eigenvalue weighted by Gasteiger charge is 2.22. The molecule has 0 aliphatic rings. The number of rotatable bonds is 6. The Labute approximate surface area is 317 Å². The molecule has 0 amide bonds. The minimum Gasteiger partial charge on any atom is -0.455 e. The lowest BCUT2D eigenvalue weighted by Crippen LogP contribution is -2.10. The van der Waals surface area contributed by atoms with E-state index in [4.69, 9.17) is 8.83 Å². The predicted octanol–water partition coefficient (Wildman–Crippen LogP) is 15.1. The van der Waals surface area contributed by atoms with Crippen molar-refractivity contribution < 1.29 is 8.83 Å². The first-order valence-electron chi connectivity index (χ1n) is 18.7. The van der Waals surface area contributed by atoms with Crippen LogP contribution in [0.2, 0.25) is 0 Å².